The summed E-state index contributed by atoms with van der Waals surface area (Å²) in [4.78, 5) is 30.6. The highest BCUT2D eigenvalue weighted by molar-refractivity contribution is 7.15. The lowest BCUT2D eigenvalue weighted by Gasteiger charge is -2.42. The lowest BCUT2D eigenvalue weighted by molar-refractivity contribution is 0.0633. The first-order chi connectivity index (χ1) is 13.0. The SMILES string of the molecule is CC(=O)c1ccc(C(=O)N2CCC3(CCCN(CC4CCCCC4)C3)C2)s1. The second kappa shape index (κ2) is 8.04. The molecule has 148 valence electrons. The summed E-state index contributed by atoms with van der Waals surface area (Å²) in [5.74, 6) is 1.06. The summed E-state index contributed by atoms with van der Waals surface area (Å²) < 4.78 is 0. The number of nitrogens with zero attached hydrogens (tertiary/aromatic N) is 2. The molecule has 1 atom stereocenters. The molecule has 1 unspecified atom stereocenters. The third-order valence-corrected chi connectivity index (χ3v) is 8.04. The Labute approximate surface area is 166 Å². The van der Waals surface area contributed by atoms with Crippen LogP contribution in [0.4, 0.5) is 0 Å². The van der Waals surface area contributed by atoms with E-state index in [9.17, 15) is 9.59 Å². The number of carbonyl (C=O) groups is 2. The molecule has 3 heterocycles. The lowest BCUT2D eigenvalue weighted by atomic mass is 9.78. The topological polar surface area (TPSA) is 40.6 Å². The van der Waals surface area contributed by atoms with Gasteiger partial charge in [0.1, 0.15) is 0 Å². The van der Waals surface area contributed by atoms with Crippen LogP contribution in [0.15, 0.2) is 12.1 Å². The molecule has 27 heavy (non-hydrogen) atoms. The van der Waals surface area contributed by atoms with E-state index in [2.05, 4.69) is 4.90 Å². The molecule has 4 rings (SSSR count). The van der Waals surface area contributed by atoms with Gasteiger partial charge in [0.25, 0.3) is 5.91 Å². The number of Topliss-reactive ketones (excluding diaryl/α,β-unsaturated/α-hetero) is 1. The number of amides is 1. The second-order valence-corrected chi connectivity index (χ2v) is 10.1. The molecule has 1 aromatic rings. The molecule has 3 aliphatic rings. The van der Waals surface area contributed by atoms with Gasteiger partial charge in [-0.2, -0.15) is 0 Å². The summed E-state index contributed by atoms with van der Waals surface area (Å²) in [5.41, 5.74) is 0.295. The number of carbonyl (C=O) groups excluding carboxylic acids is 2. The van der Waals surface area contributed by atoms with Gasteiger partial charge in [0.05, 0.1) is 9.75 Å². The van der Waals surface area contributed by atoms with Gasteiger partial charge in [-0.15, -0.1) is 11.3 Å². The second-order valence-electron chi connectivity index (χ2n) is 9.04. The molecule has 1 aromatic heterocycles. The van der Waals surface area contributed by atoms with Gasteiger partial charge in [-0.3, -0.25) is 9.59 Å². The molecule has 1 spiro atoms. The molecule has 5 heteroatoms. The van der Waals surface area contributed by atoms with Crippen LogP contribution in [0.3, 0.4) is 0 Å². The number of rotatable bonds is 4. The molecule has 1 amide bonds. The quantitative estimate of drug-likeness (QED) is 0.715. The van der Waals surface area contributed by atoms with E-state index in [1.165, 1.54) is 69.4 Å². The van der Waals surface area contributed by atoms with Gasteiger partial charge in [0.15, 0.2) is 5.78 Å². The number of hydrogen-bond donors (Lipinski definition) is 0. The Morgan fingerprint density at radius 1 is 1.04 bits per heavy atom. The number of likely N-dealkylation sites (tertiary alicyclic amines) is 2. The fourth-order valence-electron chi connectivity index (χ4n) is 5.44. The highest BCUT2D eigenvalue weighted by atomic mass is 32.1. The summed E-state index contributed by atoms with van der Waals surface area (Å²) in [7, 11) is 0. The number of hydrogen-bond acceptors (Lipinski definition) is 4. The van der Waals surface area contributed by atoms with Crippen molar-refractivity contribution >= 4 is 23.0 Å². The predicted octanol–water partition coefficient (Wildman–Crippen LogP) is 4.46. The minimum absolute atomic E-state index is 0.0441. The molecule has 3 fully saturated rings. The van der Waals surface area contributed by atoms with Crippen LogP contribution in [-0.4, -0.2) is 54.2 Å². The number of ketones is 1. The summed E-state index contributed by atoms with van der Waals surface area (Å²) in [5, 5.41) is 0. The third kappa shape index (κ3) is 4.29. The molecule has 1 aliphatic carbocycles. The standard InChI is InChI=1S/C22H32N2O2S/c1-17(25)19-8-9-20(27-19)21(26)24-13-11-22(16-24)10-5-12-23(15-22)14-18-6-3-2-4-7-18/h8-9,18H,2-7,10-16H2,1H3. The van der Waals surface area contributed by atoms with Crippen LogP contribution in [0.1, 0.15) is 77.6 Å². The summed E-state index contributed by atoms with van der Waals surface area (Å²) in [6.45, 7) is 6.98. The first-order valence-electron chi connectivity index (χ1n) is 10.7. The number of piperidine rings is 1. The van der Waals surface area contributed by atoms with Crippen molar-refractivity contribution in [2.75, 3.05) is 32.7 Å². The van der Waals surface area contributed by atoms with E-state index in [0.717, 1.165) is 32.0 Å². The van der Waals surface area contributed by atoms with Crippen LogP contribution in [-0.2, 0) is 0 Å². The third-order valence-electron chi connectivity index (χ3n) is 6.87. The largest absolute Gasteiger partial charge is 0.337 e. The lowest BCUT2D eigenvalue weighted by Crippen LogP contribution is -2.46. The fraction of sp³-hybridized carbons (Fsp3) is 0.727. The van der Waals surface area contributed by atoms with E-state index in [1.807, 2.05) is 11.0 Å². The van der Waals surface area contributed by atoms with Crippen molar-refractivity contribution in [3.8, 4) is 0 Å². The van der Waals surface area contributed by atoms with Crippen LogP contribution in [0.25, 0.3) is 0 Å². The normalized spacial score (nSPS) is 27.4. The Morgan fingerprint density at radius 3 is 2.56 bits per heavy atom. The average Bonchev–Trinajstić information content (AvgIpc) is 3.30. The van der Waals surface area contributed by atoms with Crippen molar-refractivity contribution in [3.05, 3.63) is 21.9 Å². The van der Waals surface area contributed by atoms with Gasteiger partial charge >= 0.3 is 0 Å². The summed E-state index contributed by atoms with van der Waals surface area (Å²) in [6, 6.07) is 3.61. The smallest absolute Gasteiger partial charge is 0.263 e. The van der Waals surface area contributed by atoms with Crippen LogP contribution in [0, 0.1) is 11.3 Å². The van der Waals surface area contributed by atoms with Gasteiger partial charge < -0.3 is 9.80 Å². The molecular weight excluding hydrogens is 356 g/mol. The van der Waals surface area contributed by atoms with Gasteiger partial charge in [0.2, 0.25) is 0 Å². The zero-order chi connectivity index (χ0) is 18.9. The zero-order valence-corrected chi connectivity index (χ0v) is 17.4. The van der Waals surface area contributed by atoms with Crippen molar-refractivity contribution in [2.24, 2.45) is 11.3 Å². The van der Waals surface area contributed by atoms with Crippen molar-refractivity contribution in [1.82, 2.24) is 9.80 Å². The Morgan fingerprint density at radius 2 is 1.81 bits per heavy atom. The number of thiophene rings is 1. The average molecular weight is 389 g/mol. The zero-order valence-electron chi connectivity index (χ0n) is 16.5. The Bertz CT molecular complexity index is 694. The summed E-state index contributed by atoms with van der Waals surface area (Å²) >= 11 is 1.34. The fourth-order valence-corrected chi connectivity index (χ4v) is 6.31. The molecule has 2 saturated heterocycles. The van der Waals surface area contributed by atoms with Gasteiger partial charge in [-0.1, -0.05) is 19.3 Å². The highest BCUT2D eigenvalue weighted by Gasteiger charge is 2.43. The van der Waals surface area contributed by atoms with Gasteiger partial charge in [-0.25, -0.2) is 0 Å². The van der Waals surface area contributed by atoms with Gasteiger partial charge in [-0.05, 0) is 63.6 Å². The molecule has 2 aliphatic heterocycles. The Balaban J connectivity index is 1.36. The minimum Gasteiger partial charge on any atom is -0.337 e. The van der Waals surface area contributed by atoms with Crippen LogP contribution >= 0.6 is 11.3 Å². The molecule has 0 bridgehead atoms. The Hall–Kier alpha value is -1.20. The molecular formula is C22H32N2O2S. The predicted molar refractivity (Wildman–Crippen MR) is 110 cm³/mol. The highest BCUT2D eigenvalue weighted by Crippen LogP contribution is 2.40. The van der Waals surface area contributed by atoms with Crippen LogP contribution in [0.2, 0.25) is 0 Å². The van der Waals surface area contributed by atoms with E-state index >= 15 is 0 Å². The molecule has 0 radical (unpaired) electrons. The van der Waals surface area contributed by atoms with Crippen molar-refractivity contribution in [1.29, 1.82) is 0 Å². The maximum absolute atomic E-state index is 12.9. The van der Waals surface area contributed by atoms with Crippen molar-refractivity contribution in [3.63, 3.8) is 0 Å². The maximum atomic E-state index is 12.9. The van der Waals surface area contributed by atoms with E-state index in [0.29, 0.717) is 15.2 Å². The molecule has 0 N–H and O–H groups in total. The molecule has 0 aromatic carbocycles. The van der Waals surface area contributed by atoms with Crippen molar-refractivity contribution in [2.45, 2.75) is 58.3 Å². The minimum atomic E-state index is 0.0441. The van der Waals surface area contributed by atoms with Crippen molar-refractivity contribution < 1.29 is 9.59 Å². The van der Waals surface area contributed by atoms with E-state index in [4.69, 9.17) is 0 Å². The van der Waals surface area contributed by atoms with E-state index in [-0.39, 0.29) is 11.7 Å². The molecule has 4 nitrogen and oxygen atoms in total. The Kier molecular flexibility index (Phi) is 5.70. The van der Waals surface area contributed by atoms with Crippen LogP contribution in [0.5, 0.6) is 0 Å². The maximum Gasteiger partial charge on any atom is 0.263 e. The summed E-state index contributed by atoms with van der Waals surface area (Å²) in [6.07, 6.45) is 10.7. The van der Waals surface area contributed by atoms with Crippen LogP contribution < -0.4 is 0 Å². The first kappa shape index (κ1) is 19.1. The molecule has 1 saturated carbocycles. The van der Waals surface area contributed by atoms with Gasteiger partial charge in [0, 0.05) is 31.6 Å². The monoisotopic (exact) mass is 388 g/mol. The van der Waals surface area contributed by atoms with E-state index in [1.54, 1.807) is 13.0 Å². The van der Waals surface area contributed by atoms with E-state index < -0.39 is 0 Å². The first-order valence-corrected chi connectivity index (χ1v) is 11.5.